The molecule has 31 heavy (non-hydrogen) atoms. The molecule has 7 nitrogen and oxygen atoms in total. The first-order valence-electron chi connectivity index (χ1n) is 10.2. The normalized spacial score (nSPS) is 11.0. The van der Waals surface area contributed by atoms with Crippen molar-refractivity contribution in [1.29, 1.82) is 0 Å². The minimum Gasteiger partial charge on any atom is -0.497 e. The van der Waals surface area contributed by atoms with Crippen LogP contribution in [0.3, 0.4) is 0 Å². The fraction of sp³-hybridized carbons (Fsp3) is 0.348. The number of aromatic nitrogens is 2. The Bertz CT molecular complexity index is 1070. The molecule has 0 radical (unpaired) electrons. The maximum absolute atomic E-state index is 12.7. The highest BCUT2D eigenvalue weighted by molar-refractivity contribution is 7.80. The van der Waals surface area contributed by atoms with Crippen molar-refractivity contribution in [1.82, 2.24) is 25.1 Å². The van der Waals surface area contributed by atoms with Gasteiger partial charge in [-0.15, -0.1) is 0 Å². The van der Waals surface area contributed by atoms with E-state index in [-0.39, 0.29) is 5.56 Å². The van der Waals surface area contributed by atoms with Crippen molar-refractivity contribution in [3.8, 4) is 5.75 Å². The molecule has 0 bridgehead atoms. The van der Waals surface area contributed by atoms with Crippen molar-refractivity contribution >= 4 is 28.2 Å². The molecule has 0 fully saturated rings. The SMILES string of the molecule is COc1ccc2[nH]c(=O)c(CN(Cc3cccnc3)C(=S)NCCCN(C)C)cc2c1. The highest BCUT2D eigenvalue weighted by atomic mass is 32.1. The fourth-order valence-electron chi connectivity index (χ4n) is 3.29. The van der Waals surface area contributed by atoms with E-state index >= 15 is 0 Å². The number of pyridine rings is 2. The summed E-state index contributed by atoms with van der Waals surface area (Å²) < 4.78 is 5.32. The van der Waals surface area contributed by atoms with Crippen molar-refractivity contribution in [2.45, 2.75) is 19.5 Å². The second kappa shape index (κ2) is 10.9. The molecule has 2 N–H and O–H groups in total. The highest BCUT2D eigenvalue weighted by Crippen LogP contribution is 2.19. The lowest BCUT2D eigenvalue weighted by atomic mass is 10.1. The highest BCUT2D eigenvalue weighted by Gasteiger charge is 2.14. The van der Waals surface area contributed by atoms with Gasteiger partial charge >= 0.3 is 0 Å². The summed E-state index contributed by atoms with van der Waals surface area (Å²) >= 11 is 5.68. The largest absolute Gasteiger partial charge is 0.497 e. The van der Waals surface area contributed by atoms with Crippen LogP contribution in [-0.2, 0) is 13.1 Å². The number of nitrogens with zero attached hydrogens (tertiary/aromatic N) is 3. The van der Waals surface area contributed by atoms with Gasteiger partial charge in [0.15, 0.2) is 5.11 Å². The standard InChI is InChI=1S/C23H29N5O2S/c1-27(2)11-5-10-25-23(31)28(15-17-6-4-9-24-14-17)16-19-12-18-13-20(30-3)7-8-21(18)26-22(19)29/h4,6-9,12-14H,5,10-11,15-16H2,1-3H3,(H,25,31)(H,26,29). The molecule has 0 aliphatic rings. The Morgan fingerprint density at radius 2 is 2.06 bits per heavy atom. The van der Waals surface area contributed by atoms with Gasteiger partial charge in [0.2, 0.25) is 0 Å². The molecule has 0 saturated heterocycles. The zero-order valence-corrected chi connectivity index (χ0v) is 19.0. The molecule has 2 aromatic heterocycles. The molecule has 8 heteroatoms. The number of aromatic amines is 1. The van der Waals surface area contributed by atoms with E-state index in [1.54, 1.807) is 13.3 Å². The molecular weight excluding hydrogens is 410 g/mol. The fourth-order valence-corrected chi connectivity index (χ4v) is 3.53. The number of nitrogens with one attached hydrogen (secondary N) is 2. The number of ether oxygens (including phenoxy) is 1. The van der Waals surface area contributed by atoms with E-state index in [2.05, 4.69) is 20.2 Å². The van der Waals surface area contributed by atoms with E-state index in [9.17, 15) is 4.79 Å². The number of hydrogen-bond acceptors (Lipinski definition) is 5. The van der Waals surface area contributed by atoms with Gasteiger partial charge in [-0.3, -0.25) is 9.78 Å². The topological polar surface area (TPSA) is 73.5 Å². The number of H-pyrrole nitrogens is 1. The van der Waals surface area contributed by atoms with Crippen LogP contribution in [0.5, 0.6) is 5.75 Å². The molecule has 3 aromatic rings. The molecule has 0 saturated carbocycles. The molecule has 0 spiro atoms. The van der Waals surface area contributed by atoms with Crippen LogP contribution in [0.1, 0.15) is 17.5 Å². The van der Waals surface area contributed by atoms with Crippen LogP contribution < -0.4 is 15.6 Å². The third-order valence-corrected chi connectivity index (χ3v) is 5.33. The molecular formula is C23H29N5O2S. The molecule has 0 aliphatic heterocycles. The number of rotatable bonds is 9. The zero-order chi connectivity index (χ0) is 22.2. The summed E-state index contributed by atoms with van der Waals surface area (Å²) in [4.78, 5) is 24.0. The second-order valence-corrected chi connectivity index (χ2v) is 8.07. The van der Waals surface area contributed by atoms with E-state index < -0.39 is 0 Å². The van der Waals surface area contributed by atoms with Crippen molar-refractivity contribution in [2.24, 2.45) is 0 Å². The molecule has 2 heterocycles. The van der Waals surface area contributed by atoms with Gasteiger partial charge in [0.05, 0.1) is 13.7 Å². The van der Waals surface area contributed by atoms with Crippen LogP contribution in [0.4, 0.5) is 0 Å². The van der Waals surface area contributed by atoms with E-state index in [0.717, 1.165) is 41.7 Å². The molecule has 0 amide bonds. The van der Waals surface area contributed by atoms with E-state index in [0.29, 0.717) is 23.8 Å². The number of methoxy groups -OCH3 is 1. The molecule has 0 unspecified atom stereocenters. The van der Waals surface area contributed by atoms with Gasteiger partial charge in [0.25, 0.3) is 5.56 Å². The van der Waals surface area contributed by atoms with Crippen molar-refractivity contribution in [2.75, 3.05) is 34.3 Å². The molecule has 0 aliphatic carbocycles. The smallest absolute Gasteiger partial charge is 0.253 e. The predicted molar refractivity (Wildman–Crippen MR) is 128 cm³/mol. The van der Waals surface area contributed by atoms with Crippen molar-refractivity contribution in [3.63, 3.8) is 0 Å². The number of fused-ring (bicyclic) bond motifs is 1. The Balaban J connectivity index is 1.82. The average molecular weight is 440 g/mol. The van der Waals surface area contributed by atoms with Crippen LogP contribution in [0.2, 0.25) is 0 Å². The Morgan fingerprint density at radius 3 is 2.77 bits per heavy atom. The second-order valence-electron chi connectivity index (χ2n) is 7.68. The quantitative estimate of drug-likeness (QED) is 0.392. The van der Waals surface area contributed by atoms with Crippen LogP contribution in [0.25, 0.3) is 10.9 Å². The van der Waals surface area contributed by atoms with Gasteiger partial charge in [-0.25, -0.2) is 0 Å². The van der Waals surface area contributed by atoms with Gasteiger partial charge < -0.3 is 24.8 Å². The Labute approximate surface area is 188 Å². The summed E-state index contributed by atoms with van der Waals surface area (Å²) in [6.07, 6.45) is 4.54. The summed E-state index contributed by atoms with van der Waals surface area (Å²) in [6, 6.07) is 11.4. The van der Waals surface area contributed by atoms with Crippen molar-refractivity contribution < 1.29 is 4.74 Å². The Morgan fingerprint density at radius 1 is 1.23 bits per heavy atom. The van der Waals surface area contributed by atoms with Gasteiger partial charge in [-0.1, -0.05) is 6.07 Å². The van der Waals surface area contributed by atoms with Crippen molar-refractivity contribution in [3.05, 3.63) is 70.3 Å². The maximum atomic E-state index is 12.7. The molecule has 3 rings (SSSR count). The summed E-state index contributed by atoms with van der Waals surface area (Å²) in [7, 11) is 5.73. The molecule has 0 atom stereocenters. The lowest BCUT2D eigenvalue weighted by molar-refractivity contribution is 0.383. The monoisotopic (exact) mass is 439 g/mol. The third-order valence-electron chi connectivity index (χ3n) is 4.93. The Hall–Kier alpha value is -2.97. The number of benzene rings is 1. The average Bonchev–Trinajstić information content (AvgIpc) is 2.76. The van der Waals surface area contributed by atoms with E-state index in [4.69, 9.17) is 17.0 Å². The van der Waals surface area contributed by atoms with Gasteiger partial charge in [0.1, 0.15) is 5.75 Å². The van der Waals surface area contributed by atoms with Gasteiger partial charge in [-0.2, -0.15) is 0 Å². The number of hydrogen-bond donors (Lipinski definition) is 2. The van der Waals surface area contributed by atoms with E-state index in [1.165, 1.54) is 0 Å². The van der Waals surface area contributed by atoms with Crippen LogP contribution >= 0.6 is 12.2 Å². The zero-order valence-electron chi connectivity index (χ0n) is 18.2. The molecule has 164 valence electrons. The summed E-state index contributed by atoms with van der Waals surface area (Å²) in [5, 5.41) is 4.87. The van der Waals surface area contributed by atoms with Gasteiger partial charge in [-0.05, 0) is 75.2 Å². The summed E-state index contributed by atoms with van der Waals surface area (Å²) in [6.45, 7) is 2.69. The van der Waals surface area contributed by atoms with Crippen LogP contribution in [0, 0.1) is 0 Å². The lowest BCUT2D eigenvalue weighted by Gasteiger charge is -2.26. The molecule has 1 aromatic carbocycles. The third kappa shape index (κ3) is 6.50. The van der Waals surface area contributed by atoms with Crippen LogP contribution in [0.15, 0.2) is 53.6 Å². The summed E-state index contributed by atoms with van der Waals surface area (Å²) in [5.41, 5.74) is 2.32. The first-order chi connectivity index (χ1) is 15.0. The van der Waals surface area contributed by atoms with Gasteiger partial charge in [0, 0.05) is 41.9 Å². The minimum atomic E-state index is -0.121. The Kier molecular flexibility index (Phi) is 7.97. The first kappa shape index (κ1) is 22.7. The van der Waals surface area contributed by atoms with E-state index in [1.807, 2.05) is 61.6 Å². The maximum Gasteiger partial charge on any atom is 0.253 e. The first-order valence-corrected chi connectivity index (χ1v) is 10.6. The predicted octanol–water partition coefficient (Wildman–Crippen LogP) is 2.76. The number of thiocarbonyl (C=S) groups is 1. The van der Waals surface area contributed by atoms with Crippen LogP contribution in [-0.4, -0.2) is 59.2 Å². The summed E-state index contributed by atoms with van der Waals surface area (Å²) in [5.74, 6) is 0.746. The minimum absolute atomic E-state index is 0.121. The lowest BCUT2D eigenvalue weighted by Crippen LogP contribution is -2.40.